The second kappa shape index (κ2) is 42.0. The van der Waals surface area contributed by atoms with Gasteiger partial charge in [-0.25, -0.2) is 0 Å². The number of hydrogen-bond donors (Lipinski definition) is 5. The first-order chi connectivity index (χ1) is 60.1. The van der Waals surface area contributed by atoms with Gasteiger partial charge in [-0.3, -0.25) is 9.59 Å². The van der Waals surface area contributed by atoms with E-state index in [2.05, 4.69) is 322 Å². The van der Waals surface area contributed by atoms with Gasteiger partial charge in [-0.1, -0.05) is 376 Å². The zero-order valence-corrected chi connectivity index (χ0v) is 89.5. The lowest BCUT2D eigenvalue weighted by Crippen LogP contribution is -2.57. The van der Waals surface area contributed by atoms with Crippen LogP contribution in [0.2, 0.25) is 0 Å². The minimum atomic E-state index is -0.606. The maximum absolute atomic E-state index is 13.0. The van der Waals surface area contributed by atoms with Crippen LogP contribution in [0.1, 0.15) is 396 Å². The van der Waals surface area contributed by atoms with Crippen LogP contribution >= 0.6 is 0 Å². The quantitative estimate of drug-likeness (QED) is 0.0481. The number of phenolic OH excluding ortho intramolecular Hbond substituents is 5. The van der Waals surface area contributed by atoms with E-state index < -0.39 is 28.8 Å². The van der Waals surface area contributed by atoms with Crippen LogP contribution in [0.25, 0.3) is 0 Å². The molecule has 0 aromatic heterocycles. The Hall–Kier alpha value is -8.46. The maximum atomic E-state index is 13.0. The lowest BCUT2D eigenvalue weighted by molar-refractivity contribution is -0.337. The highest BCUT2D eigenvalue weighted by Gasteiger charge is 2.49. The molecule has 728 valence electrons. The van der Waals surface area contributed by atoms with E-state index in [9.17, 15) is 35.1 Å². The summed E-state index contributed by atoms with van der Waals surface area (Å²) in [6.07, 6.45) is 2.50. The molecule has 2 aliphatic heterocycles. The third-order valence-corrected chi connectivity index (χ3v) is 26.1. The van der Waals surface area contributed by atoms with E-state index in [0.29, 0.717) is 73.9 Å². The van der Waals surface area contributed by atoms with Gasteiger partial charge >= 0.3 is 11.9 Å². The lowest BCUT2D eigenvalue weighted by Gasteiger charge is -2.48. The molecule has 0 atom stereocenters. The van der Waals surface area contributed by atoms with Crippen molar-refractivity contribution in [2.45, 2.75) is 395 Å². The molecular weight excluding hydrogens is 1640 g/mol. The molecule has 0 amide bonds. The van der Waals surface area contributed by atoms with E-state index in [1.54, 1.807) is 0 Å². The predicted octanol–water partition coefficient (Wildman–Crippen LogP) is 28.8. The second-order valence-electron chi connectivity index (χ2n) is 50.5. The summed E-state index contributed by atoms with van der Waals surface area (Å²) in [4.78, 5) is 26.0. The Kier molecular flexibility index (Phi) is 35.2. The average molecular weight is 1810 g/mol. The van der Waals surface area contributed by atoms with Crippen molar-refractivity contribution in [1.82, 2.24) is 0 Å². The number of hydrogen-bond acceptors (Lipinski definition) is 13. The molecule has 2 fully saturated rings. The smallest absolute Gasteiger partial charge is 0.306 e. The van der Waals surface area contributed by atoms with E-state index in [0.717, 1.165) is 86.0 Å². The number of benzene rings is 8. The van der Waals surface area contributed by atoms with Crippen LogP contribution in [0.3, 0.4) is 0 Å². The van der Waals surface area contributed by atoms with Gasteiger partial charge in [0.15, 0.2) is 12.6 Å². The van der Waals surface area contributed by atoms with Crippen molar-refractivity contribution in [2.75, 3.05) is 39.6 Å². The zero-order valence-electron chi connectivity index (χ0n) is 89.5. The van der Waals surface area contributed by atoms with Gasteiger partial charge in [0.1, 0.15) is 42.0 Å². The number of carbonyl (C=O) groups is 2. The Bertz CT molecular complexity index is 4660. The molecule has 0 saturated carbocycles. The second-order valence-corrected chi connectivity index (χ2v) is 50.5. The van der Waals surface area contributed by atoms with Crippen LogP contribution in [0, 0.1) is 43.9 Å². The summed E-state index contributed by atoms with van der Waals surface area (Å²) in [5, 5.41) is 57.0. The Balaban J connectivity index is 0.000000307. The number of rotatable bonds is 19. The summed E-state index contributed by atoms with van der Waals surface area (Å²) in [5.41, 5.74) is 21.5. The molecule has 0 aliphatic carbocycles. The van der Waals surface area contributed by atoms with Gasteiger partial charge in [-0.15, -0.1) is 0 Å². The molecule has 10 rings (SSSR count). The molecule has 132 heavy (non-hydrogen) atoms. The van der Waals surface area contributed by atoms with Gasteiger partial charge in [0.05, 0.1) is 31.8 Å². The van der Waals surface area contributed by atoms with Crippen molar-refractivity contribution in [3.8, 4) is 28.7 Å². The molecule has 5 N–H and O–H groups in total. The van der Waals surface area contributed by atoms with Crippen molar-refractivity contribution in [3.63, 3.8) is 0 Å². The first kappa shape index (κ1) is 111. The van der Waals surface area contributed by atoms with Crippen LogP contribution in [0.4, 0.5) is 0 Å². The number of aryl methyl sites for hydroxylation is 3. The number of aromatic hydroxyl groups is 5. The molecule has 8 aromatic rings. The third-order valence-electron chi connectivity index (χ3n) is 26.1. The Morgan fingerprint density at radius 3 is 0.689 bits per heavy atom. The standard InChI is InChI=1S/C54H78O3.C49H76O10.C9H12.C7H8/c1-31-37(22-34-25-40(49(4,5)6)46(55)41(26-34)50(7,8)9)32(2)39(24-36-29-44(53(16,17)18)48(57)45(30-36)54(19,20)21)33(3)38(31)23-35-27-42(51(10,11)12)47(56)43(28-35)52(13,14)15;1-43(2,3)33-21-31(22-34(39(33)52)44(4,5)6)17-19-37(50)54-25-47(13,14)41-56-27-49(28-57-41)29-58-42(59-30-49)48(15,16)26-55-38(51)20-18-32-23-35(45(7,8)9)40(53)36(24-32)46(10,11)12;1-8(2)9-6-4-3-5-7-9;1-7-5-3-2-4-6-7/h25-30,55-57H,22-24H2,1-21H3;21-24,41-42,52-53H,17-20,25-30H2,1-16H3;3-8H,1-2H3;2-6H,1H3. The fourth-order valence-electron chi connectivity index (χ4n) is 17.5. The van der Waals surface area contributed by atoms with Crippen LogP contribution in [-0.4, -0.2) is 89.7 Å². The van der Waals surface area contributed by atoms with Crippen LogP contribution in [0.15, 0.2) is 121 Å². The van der Waals surface area contributed by atoms with Gasteiger partial charge in [-0.05, 0) is 242 Å². The Labute approximate surface area is 799 Å². The zero-order chi connectivity index (χ0) is 100. The number of phenols is 5. The molecule has 8 aromatic carbocycles. The normalized spacial score (nSPS) is 16.4. The monoisotopic (exact) mass is 1810 g/mol. The van der Waals surface area contributed by atoms with Crippen molar-refractivity contribution in [1.29, 1.82) is 0 Å². The third kappa shape index (κ3) is 29.3. The number of ether oxygens (including phenoxy) is 6. The summed E-state index contributed by atoms with van der Waals surface area (Å²) < 4.78 is 36.5. The largest absolute Gasteiger partial charge is 0.507 e. The van der Waals surface area contributed by atoms with Crippen LogP contribution < -0.4 is 0 Å². The van der Waals surface area contributed by atoms with Gasteiger partial charge in [0.2, 0.25) is 0 Å². The highest BCUT2D eigenvalue weighted by atomic mass is 16.7. The van der Waals surface area contributed by atoms with Crippen LogP contribution in [0.5, 0.6) is 28.7 Å². The number of esters is 2. The summed E-state index contributed by atoms with van der Waals surface area (Å²) in [6, 6.07) is 42.2. The summed E-state index contributed by atoms with van der Waals surface area (Å²) in [6.45, 7) is 87.1. The molecule has 2 aliphatic rings. The molecule has 0 radical (unpaired) electrons. The first-order valence-electron chi connectivity index (χ1n) is 48.4. The SMILES string of the molecule is CC(C)(C)c1cc(CCC(=O)OCC(C)(C)C2OCC3(CO2)COC(C(C)(C)COC(=O)CCc2cc(C(C)(C)C)c(O)c(C(C)(C)C)c2)OC3)cc(C(C)(C)C)c1O.CC(C)c1ccccc1.Cc1c(Cc2cc(C(C)(C)C)c(O)c(C(C)(C)C)c2)c(C)c(Cc2cc(C(C)(C)C)c(O)c(C(C)(C)C)c2)c(C)c1Cc1cc(C(C)(C)C)c(O)c(C(C)(C)C)c1.Cc1ccccc1. The maximum Gasteiger partial charge on any atom is 0.306 e. The molecule has 13 nitrogen and oxygen atoms in total. The van der Waals surface area contributed by atoms with Gasteiger partial charge < -0.3 is 54.0 Å². The molecule has 0 bridgehead atoms. The van der Waals surface area contributed by atoms with E-state index in [-0.39, 0.29) is 92.1 Å². The highest BCUT2D eigenvalue weighted by Crippen LogP contribution is 2.49. The Morgan fingerprint density at radius 1 is 0.318 bits per heavy atom. The molecule has 13 heteroatoms. The van der Waals surface area contributed by atoms with Gasteiger partial charge in [0, 0.05) is 23.7 Å². The van der Waals surface area contributed by atoms with Crippen molar-refractivity contribution in [3.05, 3.63) is 249 Å². The van der Waals surface area contributed by atoms with Crippen LogP contribution in [-0.2, 0) is 124 Å². The van der Waals surface area contributed by atoms with Gasteiger partial charge in [0.25, 0.3) is 0 Å². The van der Waals surface area contributed by atoms with Crippen molar-refractivity contribution in [2.24, 2.45) is 16.2 Å². The molecule has 2 heterocycles. The fourth-order valence-corrected chi connectivity index (χ4v) is 17.5. The molecular formula is C119H174O13. The van der Waals surface area contributed by atoms with Crippen molar-refractivity contribution >= 4 is 11.9 Å². The number of carbonyl (C=O) groups excluding carboxylic acids is 2. The molecule has 2 saturated heterocycles. The minimum Gasteiger partial charge on any atom is -0.507 e. The molecule has 1 spiro atoms. The first-order valence-corrected chi connectivity index (χ1v) is 48.4. The van der Waals surface area contributed by atoms with E-state index in [4.69, 9.17) is 28.4 Å². The summed E-state index contributed by atoms with van der Waals surface area (Å²) in [5.74, 6) is 1.92. The highest BCUT2D eigenvalue weighted by molar-refractivity contribution is 5.71. The molecule has 0 unspecified atom stereocenters. The Morgan fingerprint density at radius 2 is 0.515 bits per heavy atom. The predicted molar refractivity (Wildman–Crippen MR) is 548 cm³/mol. The van der Waals surface area contributed by atoms with Crippen molar-refractivity contribution < 1.29 is 63.5 Å². The minimum absolute atomic E-state index is 0.131. The van der Waals surface area contributed by atoms with E-state index in [1.807, 2.05) is 76.2 Å². The summed E-state index contributed by atoms with van der Waals surface area (Å²) in [7, 11) is 0. The summed E-state index contributed by atoms with van der Waals surface area (Å²) >= 11 is 0. The van der Waals surface area contributed by atoms with E-state index in [1.165, 1.54) is 61.2 Å². The lowest BCUT2D eigenvalue weighted by atomic mass is 9.75. The van der Waals surface area contributed by atoms with E-state index >= 15 is 0 Å². The average Bonchev–Trinajstić information content (AvgIpc) is 0.752. The fraction of sp³-hybridized carbons (Fsp3) is 0.580. The van der Waals surface area contributed by atoms with Gasteiger partial charge in [-0.2, -0.15) is 0 Å². The topological polar surface area (TPSA) is 191 Å².